The fourth-order valence-corrected chi connectivity index (χ4v) is 4.39. The number of rotatable bonds is 4. The first-order valence-corrected chi connectivity index (χ1v) is 10.5. The van der Waals surface area contributed by atoms with Crippen LogP contribution >= 0.6 is 11.6 Å². The molecule has 2 amide bonds. The van der Waals surface area contributed by atoms with Gasteiger partial charge in [-0.2, -0.15) is 0 Å². The number of fused-ring (bicyclic) bond motifs is 1. The number of hydrogen-bond acceptors (Lipinski definition) is 5. The fourth-order valence-electron chi connectivity index (χ4n) is 4.20. The van der Waals surface area contributed by atoms with Crippen molar-refractivity contribution in [3.8, 4) is 0 Å². The maximum Gasteiger partial charge on any atom is 0.259 e. The summed E-state index contributed by atoms with van der Waals surface area (Å²) in [5.74, 6) is 0.0541. The van der Waals surface area contributed by atoms with E-state index in [1.165, 1.54) is 0 Å². The molecular weight excluding hydrogens is 404 g/mol. The van der Waals surface area contributed by atoms with Crippen LogP contribution in [0.25, 0.3) is 11.1 Å². The normalized spacial score (nSPS) is 18.7. The lowest BCUT2D eigenvalue weighted by atomic mass is 10.0. The first kappa shape index (κ1) is 19.1. The van der Waals surface area contributed by atoms with Crippen molar-refractivity contribution in [2.24, 2.45) is 0 Å². The van der Waals surface area contributed by atoms with Crippen LogP contribution in [0, 0.1) is 0 Å². The maximum absolute atomic E-state index is 13.2. The largest absolute Gasteiger partial charge is 0.355 e. The van der Waals surface area contributed by atoms with E-state index >= 15 is 0 Å². The lowest BCUT2D eigenvalue weighted by molar-refractivity contribution is 0.0731. The first-order chi connectivity index (χ1) is 14.6. The van der Waals surface area contributed by atoms with Crippen LogP contribution in [0.1, 0.15) is 69.7 Å². The molecule has 7 nitrogen and oxygen atoms in total. The van der Waals surface area contributed by atoms with Crippen LogP contribution in [-0.4, -0.2) is 40.4 Å². The average Bonchev–Trinajstić information content (AvgIpc) is 3.35. The van der Waals surface area contributed by atoms with Crippen molar-refractivity contribution in [3.05, 3.63) is 57.9 Å². The molecule has 0 bridgehead atoms. The molecule has 1 saturated heterocycles. The SMILES string of the molecule is CNC(=O)c1cc(C2CC2)nc2onc(C3CCCN3C(=O)c3cccc(Cl)c3)c12. The third-order valence-electron chi connectivity index (χ3n) is 5.86. The van der Waals surface area contributed by atoms with E-state index in [4.69, 9.17) is 16.1 Å². The van der Waals surface area contributed by atoms with E-state index in [-0.39, 0.29) is 17.9 Å². The Bertz CT molecular complexity index is 1150. The zero-order valence-electron chi connectivity index (χ0n) is 16.5. The molecule has 3 aromatic rings. The van der Waals surface area contributed by atoms with Gasteiger partial charge < -0.3 is 14.7 Å². The Labute approximate surface area is 178 Å². The van der Waals surface area contributed by atoms with E-state index in [9.17, 15) is 9.59 Å². The average molecular weight is 425 g/mol. The summed E-state index contributed by atoms with van der Waals surface area (Å²) in [5, 5.41) is 8.09. The Kier molecular flexibility index (Phi) is 4.70. The van der Waals surface area contributed by atoms with Gasteiger partial charge in [-0.05, 0) is 49.9 Å². The molecule has 1 unspecified atom stereocenters. The summed E-state index contributed by atoms with van der Waals surface area (Å²) in [6.07, 6.45) is 3.72. The lowest BCUT2D eigenvalue weighted by Crippen LogP contribution is -2.31. The smallest absolute Gasteiger partial charge is 0.259 e. The van der Waals surface area contributed by atoms with Crippen molar-refractivity contribution in [2.75, 3.05) is 13.6 Å². The van der Waals surface area contributed by atoms with Crippen molar-refractivity contribution in [3.63, 3.8) is 0 Å². The molecule has 2 fully saturated rings. The van der Waals surface area contributed by atoms with E-state index < -0.39 is 0 Å². The lowest BCUT2D eigenvalue weighted by Gasteiger charge is -2.23. The molecule has 8 heteroatoms. The van der Waals surface area contributed by atoms with Crippen LogP contribution in [0.5, 0.6) is 0 Å². The van der Waals surface area contributed by atoms with E-state index in [0.717, 1.165) is 31.4 Å². The van der Waals surface area contributed by atoms with Crippen LogP contribution in [0.3, 0.4) is 0 Å². The molecule has 0 spiro atoms. The summed E-state index contributed by atoms with van der Waals surface area (Å²) in [4.78, 5) is 32.2. The summed E-state index contributed by atoms with van der Waals surface area (Å²) in [6.45, 7) is 0.604. The zero-order valence-corrected chi connectivity index (χ0v) is 17.3. The Morgan fingerprint density at radius 1 is 1.23 bits per heavy atom. The third-order valence-corrected chi connectivity index (χ3v) is 6.10. The molecule has 154 valence electrons. The predicted octanol–water partition coefficient (Wildman–Crippen LogP) is 4.09. The molecular formula is C22H21ClN4O3. The minimum Gasteiger partial charge on any atom is -0.355 e. The molecule has 1 N–H and O–H groups in total. The summed E-state index contributed by atoms with van der Waals surface area (Å²) in [7, 11) is 1.60. The highest BCUT2D eigenvalue weighted by Crippen LogP contribution is 2.42. The molecule has 5 rings (SSSR count). The number of likely N-dealkylation sites (tertiary alicyclic amines) is 1. The van der Waals surface area contributed by atoms with Gasteiger partial charge in [0, 0.05) is 35.8 Å². The van der Waals surface area contributed by atoms with Crippen LogP contribution in [0.15, 0.2) is 34.9 Å². The van der Waals surface area contributed by atoms with Gasteiger partial charge in [-0.25, -0.2) is 4.98 Å². The molecule has 1 saturated carbocycles. The number of pyridine rings is 1. The van der Waals surface area contributed by atoms with Crippen LogP contribution in [0.4, 0.5) is 0 Å². The topological polar surface area (TPSA) is 88.3 Å². The highest BCUT2D eigenvalue weighted by Gasteiger charge is 2.36. The van der Waals surface area contributed by atoms with Crippen LogP contribution in [-0.2, 0) is 0 Å². The van der Waals surface area contributed by atoms with E-state index in [1.807, 2.05) is 6.07 Å². The second-order valence-electron chi connectivity index (χ2n) is 7.86. The standard InChI is InChI=1S/C22H21ClN4O3/c1-24-20(28)15-11-16(12-7-8-12)25-21-18(15)19(26-30-21)17-6-3-9-27(17)22(29)13-4-2-5-14(23)10-13/h2,4-5,10-12,17H,3,6-9H2,1H3,(H,24,28). The van der Waals surface area contributed by atoms with Crippen molar-refractivity contribution in [1.29, 1.82) is 0 Å². The number of nitrogens with zero attached hydrogens (tertiary/aromatic N) is 3. The quantitative estimate of drug-likeness (QED) is 0.681. The molecule has 0 radical (unpaired) electrons. The van der Waals surface area contributed by atoms with Crippen molar-refractivity contribution < 1.29 is 14.1 Å². The number of amides is 2. The van der Waals surface area contributed by atoms with Gasteiger partial charge in [0.05, 0.1) is 17.0 Å². The number of carbonyl (C=O) groups excluding carboxylic acids is 2. The van der Waals surface area contributed by atoms with Crippen LogP contribution in [0.2, 0.25) is 5.02 Å². The number of halogens is 1. The number of nitrogens with one attached hydrogen (secondary N) is 1. The fraction of sp³-hybridized carbons (Fsp3) is 0.364. The maximum atomic E-state index is 13.2. The molecule has 1 aliphatic carbocycles. The minimum atomic E-state index is -0.283. The Morgan fingerprint density at radius 2 is 2.07 bits per heavy atom. The van der Waals surface area contributed by atoms with Crippen molar-refractivity contribution in [1.82, 2.24) is 20.4 Å². The van der Waals surface area contributed by atoms with E-state index in [1.54, 1.807) is 36.2 Å². The van der Waals surface area contributed by atoms with Gasteiger partial charge in [0.15, 0.2) is 0 Å². The monoisotopic (exact) mass is 424 g/mol. The van der Waals surface area contributed by atoms with Gasteiger partial charge in [-0.15, -0.1) is 0 Å². The molecule has 1 aromatic carbocycles. The molecule has 1 aliphatic heterocycles. The summed E-state index contributed by atoms with van der Waals surface area (Å²) < 4.78 is 5.57. The van der Waals surface area contributed by atoms with Gasteiger partial charge in [0.25, 0.3) is 17.5 Å². The first-order valence-electron chi connectivity index (χ1n) is 10.2. The van der Waals surface area contributed by atoms with Crippen LogP contribution < -0.4 is 5.32 Å². The van der Waals surface area contributed by atoms with Gasteiger partial charge in [0.1, 0.15) is 5.69 Å². The minimum absolute atomic E-state index is 0.111. The van der Waals surface area contributed by atoms with Crippen molar-refractivity contribution >= 4 is 34.5 Å². The van der Waals surface area contributed by atoms with Gasteiger partial charge in [-0.1, -0.05) is 22.8 Å². The van der Waals surface area contributed by atoms with Gasteiger partial charge in [0.2, 0.25) is 0 Å². The summed E-state index contributed by atoms with van der Waals surface area (Å²) in [6, 6.07) is 8.49. The van der Waals surface area contributed by atoms with E-state index in [0.29, 0.717) is 45.4 Å². The number of hydrogen-bond donors (Lipinski definition) is 1. The van der Waals surface area contributed by atoms with Crippen molar-refractivity contribution in [2.45, 2.75) is 37.6 Å². The molecule has 30 heavy (non-hydrogen) atoms. The number of carbonyl (C=O) groups is 2. The third kappa shape index (κ3) is 3.23. The molecule has 2 aliphatic rings. The second-order valence-corrected chi connectivity index (χ2v) is 8.30. The highest BCUT2D eigenvalue weighted by atomic mass is 35.5. The number of aromatic nitrogens is 2. The molecule has 1 atom stereocenters. The Morgan fingerprint density at radius 3 is 2.80 bits per heavy atom. The molecule has 2 aromatic heterocycles. The van der Waals surface area contributed by atoms with Gasteiger partial charge >= 0.3 is 0 Å². The molecule has 3 heterocycles. The highest BCUT2D eigenvalue weighted by molar-refractivity contribution is 6.31. The van der Waals surface area contributed by atoms with E-state index in [2.05, 4.69) is 15.5 Å². The summed E-state index contributed by atoms with van der Waals surface area (Å²) in [5.41, 5.74) is 2.84. The van der Waals surface area contributed by atoms with Gasteiger partial charge in [-0.3, -0.25) is 9.59 Å². The predicted molar refractivity (Wildman–Crippen MR) is 112 cm³/mol. The second kappa shape index (κ2) is 7.40. The zero-order chi connectivity index (χ0) is 20.8. The Hall–Kier alpha value is -2.93. The Balaban J connectivity index is 1.58. The number of benzene rings is 1. The summed E-state index contributed by atoms with van der Waals surface area (Å²) >= 11 is 6.08.